The number of para-hydroxylation sites is 1. The Hall–Kier alpha value is -3.87. The Bertz CT molecular complexity index is 1110. The number of phenols is 2. The zero-order valence-corrected chi connectivity index (χ0v) is 15.3. The van der Waals surface area contributed by atoms with Crippen LogP contribution in [0.4, 0.5) is 5.69 Å². The van der Waals surface area contributed by atoms with Crippen LogP contribution in [0.1, 0.15) is 27.7 Å². The van der Waals surface area contributed by atoms with E-state index < -0.39 is 6.17 Å². The van der Waals surface area contributed by atoms with Crippen molar-refractivity contribution in [1.29, 1.82) is 0 Å². The lowest BCUT2D eigenvalue weighted by Crippen LogP contribution is -2.42. The number of fused-ring (bicyclic) bond motifs is 2. The Kier molecular flexibility index (Phi) is 3.94. The van der Waals surface area contributed by atoms with Crippen molar-refractivity contribution in [1.82, 2.24) is 4.90 Å². The number of phenolic OH excluding ortho intramolecular Hbond substituents is 2. The first kappa shape index (κ1) is 17.2. The molecule has 0 saturated heterocycles. The third-order valence-corrected chi connectivity index (χ3v) is 5.12. The summed E-state index contributed by atoms with van der Waals surface area (Å²) in [5.41, 5.74) is 2.61. The van der Waals surface area contributed by atoms with E-state index in [0.717, 1.165) is 5.56 Å². The topological polar surface area (TPSA) is 91.3 Å². The van der Waals surface area contributed by atoms with Gasteiger partial charge < -0.3 is 29.9 Å². The fourth-order valence-corrected chi connectivity index (χ4v) is 3.70. The van der Waals surface area contributed by atoms with E-state index in [0.29, 0.717) is 34.9 Å². The van der Waals surface area contributed by atoms with Crippen molar-refractivity contribution < 1.29 is 24.5 Å². The molecule has 2 aliphatic heterocycles. The molecule has 3 N–H and O–H groups in total. The van der Waals surface area contributed by atoms with Crippen molar-refractivity contribution >= 4 is 11.6 Å². The number of nitrogens with zero attached hydrogens (tertiary/aromatic N) is 1. The van der Waals surface area contributed by atoms with Crippen molar-refractivity contribution in [3.8, 4) is 23.0 Å². The van der Waals surface area contributed by atoms with Crippen LogP contribution < -0.4 is 14.8 Å². The van der Waals surface area contributed by atoms with Gasteiger partial charge in [0.05, 0.1) is 5.56 Å². The number of benzene rings is 3. The molecule has 0 fully saturated rings. The molecule has 1 amide bonds. The molecule has 0 aliphatic carbocycles. The number of carbonyl (C=O) groups is 1. The maximum absolute atomic E-state index is 13.3. The second-order valence-electron chi connectivity index (χ2n) is 6.96. The molecule has 7 heteroatoms. The largest absolute Gasteiger partial charge is 0.508 e. The van der Waals surface area contributed by atoms with Crippen LogP contribution in [0, 0.1) is 0 Å². The Morgan fingerprint density at radius 3 is 2.69 bits per heavy atom. The van der Waals surface area contributed by atoms with Crippen molar-refractivity contribution in [2.45, 2.75) is 12.7 Å². The van der Waals surface area contributed by atoms with Crippen LogP contribution in [0.2, 0.25) is 0 Å². The molecular weight excluding hydrogens is 372 g/mol. The van der Waals surface area contributed by atoms with Gasteiger partial charge in [-0.2, -0.15) is 0 Å². The Balaban J connectivity index is 1.56. The molecular formula is C22H18N2O5. The van der Waals surface area contributed by atoms with Gasteiger partial charge in [-0.05, 0) is 42.0 Å². The predicted octanol–water partition coefficient (Wildman–Crippen LogP) is 3.59. The monoisotopic (exact) mass is 390 g/mol. The first-order valence-corrected chi connectivity index (χ1v) is 9.17. The van der Waals surface area contributed by atoms with Gasteiger partial charge in [0, 0.05) is 23.9 Å². The van der Waals surface area contributed by atoms with Crippen molar-refractivity contribution in [2.75, 3.05) is 12.1 Å². The summed E-state index contributed by atoms with van der Waals surface area (Å²) in [6.07, 6.45) is -0.608. The lowest BCUT2D eigenvalue weighted by Gasteiger charge is -2.38. The number of hydrogen-bond acceptors (Lipinski definition) is 6. The van der Waals surface area contributed by atoms with E-state index in [2.05, 4.69) is 5.32 Å². The molecule has 5 rings (SSSR count). The third kappa shape index (κ3) is 2.97. The summed E-state index contributed by atoms with van der Waals surface area (Å²) in [4.78, 5) is 15.0. The molecule has 3 aromatic rings. The summed E-state index contributed by atoms with van der Waals surface area (Å²) in [5, 5.41) is 23.4. The van der Waals surface area contributed by atoms with Crippen molar-refractivity contribution in [2.24, 2.45) is 0 Å². The fraction of sp³-hybridized carbons (Fsp3) is 0.136. The lowest BCUT2D eigenvalue weighted by molar-refractivity contribution is 0.0664. The SMILES string of the molecule is O=C1c2ccccc2N[C@H](c2ccc(O)cc2O)N1Cc1ccc2c(c1)OCO2. The van der Waals surface area contributed by atoms with Gasteiger partial charge in [0.2, 0.25) is 6.79 Å². The molecule has 2 aliphatic rings. The molecule has 1 atom stereocenters. The third-order valence-electron chi connectivity index (χ3n) is 5.12. The average molecular weight is 390 g/mol. The second-order valence-corrected chi connectivity index (χ2v) is 6.96. The smallest absolute Gasteiger partial charge is 0.258 e. The summed E-state index contributed by atoms with van der Waals surface area (Å²) in [5.74, 6) is 1.02. The number of hydrogen-bond donors (Lipinski definition) is 3. The van der Waals surface area contributed by atoms with Gasteiger partial charge in [-0.15, -0.1) is 0 Å². The highest BCUT2D eigenvalue weighted by molar-refractivity contribution is 6.01. The van der Waals surface area contributed by atoms with Crippen LogP contribution in [0.5, 0.6) is 23.0 Å². The van der Waals surface area contributed by atoms with Crippen LogP contribution in [-0.4, -0.2) is 27.8 Å². The predicted molar refractivity (Wildman–Crippen MR) is 105 cm³/mol. The highest BCUT2D eigenvalue weighted by Crippen LogP contribution is 2.39. The maximum Gasteiger partial charge on any atom is 0.258 e. The molecule has 0 bridgehead atoms. The lowest BCUT2D eigenvalue weighted by atomic mass is 10.0. The maximum atomic E-state index is 13.3. The van der Waals surface area contributed by atoms with Crippen LogP contribution in [0.25, 0.3) is 0 Å². The summed E-state index contributed by atoms with van der Waals surface area (Å²) >= 11 is 0. The normalized spacial score (nSPS) is 17.0. The Morgan fingerprint density at radius 1 is 1.00 bits per heavy atom. The van der Waals surface area contributed by atoms with E-state index in [4.69, 9.17) is 9.47 Å². The number of rotatable bonds is 3. The molecule has 0 saturated carbocycles. The molecule has 2 heterocycles. The minimum atomic E-state index is -0.608. The number of ether oxygens (including phenoxy) is 2. The molecule has 29 heavy (non-hydrogen) atoms. The number of nitrogens with one attached hydrogen (secondary N) is 1. The van der Waals surface area contributed by atoms with Gasteiger partial charge in [0.15, 0.2) is 11.5 Å². The molecule has 3 aromatic carbocycles. The van der Waals surface area contributed by atoms with Crippen molar-refractivity contribution in [3.63, 3.8) is 0 Å². The molecule has 0 spiro atoms. The van der Waals surface area contributed by atoms with E-state index in [-0.39, 0.29) is 24.2 Å². The summed E-state index contributed by atoms with van der Waals surface area (Å²) in [6.45, 7) is 0.474. The van der Waals surface area contributed by atoms with E-state index in [1.165, 1.54) is 12.1 Å². The Labute approximate surface area is 166 Å². The van der Waals surface area contributed by atoms with Gasteiger partial charge >= 0.3 is 0 Å². The summed E-state index contributed by atoms with van der Waals surface area (Å²) in [7, 11) is 0. The molecule has 7 nitrogen and oxygen atoms in total. The van der Waals surface area contributed by atoms with Crippen LogP contribution >= 0.6 is 0 Å². The highest BCUT2D eigenvalue weighted by atomic mass is 16.7. The number of aromatic hydroxyl groups is 2. The van der Waals surface area contributed by atoms with Gasteiger partial charge in [0.1, 0.15) is 17.7 Å². The van der Waals surface area contributed by atoms with Crippen molar-refractivity contribution in [3.05, 3.63) is 77.4 Å². The van der Waals surface area contributed by atoms with Gasteiger partial charge in [0.25, 0.3) is 5.91 Å². The van der Waals surface area contributed by atoms with E-state index >= 15 is 0 Å². The number of anilines is 1. The highest BCUT2D eigenvalue weighted by Gasteiger charge is 2.34. The standard InChI is InChI=1S/C22H18N2O5/c25-14-6-7-16(18(26)10-14)21-23-17-4-2-1-3-15(17)22(27)24(21)11-13-5-8-19-20(9-13)29-12-28-19/h1-10,21,23,25-26H,11-12H2/t21-/m0/s1. The van der Waals surface area contributed by atoms with Crippen LogP contribution in [0.3, 0.4) is 0 Å². The van der Waals surface area contributed by atoms with Gasteiger partial charge in [-0.25, -0.2) is 0 Å². The quantitative estimate of drug-likeness (QED) is 0.633. The molecule has 0 radical (unpaired) electrons. The minimum Gasteiger partial charge on any atom is -0.508 e. The second kappa shape index (κ2) is 6.63. The van der Waals surface area contributed by atoms with Gasteiger partial charge in [-0.3, -0.25) is 4.79 Å². The average Bonchev–Trinajstić information content (AvgIpc) is 3.18. The number of amides is 1. The minimum absolute atomic E-state index is 0.0453. The van der Waals surface area contributed by atoms with E-state index in [1.807, 2.05) is 36.4 Å². The zero-order valence-electron chi connectivity index (χ0n) is 15.3. The molecule has 146 valence electrons. The number of carbonyl (C=O) groups excluding carboxylic acids is 1. The first-order valence-electron chi connectivity index (χ1n) is 9.17. The summed E-state index contributed by atoms with van der Waals surface area (Å²) < 4.78 is 10.8. The van der Waals surface area contributed by atoms with Crippen LogP contribution in [0.15, 0.2) is 60.7 Å². The molecule has 0 unspecified atom stereocenters. The van der Waals surface area contributed by atoms with E-state index in [1.54, 1.807) is 17.0 Å². The summed E-state index contributed by atoms with van der Waals surface area (Å²) in [6, 6.07) is 17.2. The van der Waals surface area contributed by atoms with E-state index in [9.17, 15) is 15.0 Å². The zero-order chi connectivity index (χ0) is 20.0. The first-order chi connectivity index (χ1) is 14.1. The molecule has 0 aromatic heterocycles. The fourth-order valence-electron chi connectivity index (χ4n) is 3.70. The van der Waals surface area contributed by atoms with Gasteiger partial charge in [-0.1, -0.05) is 18.2 Å². The Morgan fingerprint density at radius 2 is 1.83 bits per heavy atom. The van der Waals surface area contributed by atoms with Crippen LogP contribution in [-0.2, 0) is 6.54 Å².